The molecule has 4 rings (SSSR count). The molecule has 2 aromatic carbocycles. The van der Waals surface area contributed by atoms with Crippen LogP contribution in [0, 0.1) is 0 Å². The molecule has 0 bridgehead atoms. The van der Waals surface area contributed by atoms with Gasteiger partial charge in [-0.3, -0.25) is 0 Å². The summed E-state index contributed by atoms with van der Waals surface area (Å²) in [5, 5.41) is 0. The molecule has 0 N–H and O–H groups in total. The molecule has 25 heavy (non-hydrogen) atoms. The van der Waals surface area contributed by atoms with Crippen molar-refractivity contribution < 1.29 is 51.0 Å². The molecule has 2 aromatic rings. The minimum atomic E-state index is 0. The molecule has 0 spiro atoms. The zero-order valence-corrected chi connectivity index (χ0v) is 18.4. The molecule has 126 valence electrons. The fraction of sp³-hybridized carbons (Fsp3) is 0.182. The third-order valence-corrected chi connectivity index (χ3v) is 5.07. The normalized spacial score (nSPS) is 19.3. The Balaban J connectivity index is 0.00000104. The van der Waals surface area contributed by atoms with Gasteiger partial charge in [0.1, 0.15) is 0 Å². The van der Waals surface area contributed by atoms with Crippen molar-refractivity contribution in [1.82, 2.24) is 0 Å². The van der Waals surface area contributed by atoms with Crippen LogP contribution in [-0.2, 0) is 26.2 Å². The number of halogens is 2. The van der Waals surface area contributed by atoms with E-state index in [4.69, 9.17) is 0 Å². The number of hydrogen-bond acceptors (Lipinski definition) is 0. The van der Waals surface area contributed by atoms with Gasteiger partial charge in [-0.2, -0.15) is 0 Å². The number of hydrogen-bond donors (Lipinski definition) is 0. The second kappa shape index (κ2) is 8.67. The maximum atomic E-state index is 4.50. The molecular weight excluding hydrogens is 426 g/mol. The van der Waals surface area contributed by atoms with Crippen molar-refractivity contribution in [2.75, 3.05) is 0 Å². The number of allylic oxidation sites excluding steroid dienone is 5. The first kappa shape index (κ1) is 22.2. The van der Waals surface area contributed by atoms with Crippen molar-refractivity contribution in [2.24, 2.45) is 0 Å². The molecule has 0 aliphatic heterocycles. The van der Waals surface area contributed by atoms with Gasteiger partial charge < -0.3 is 24.8 Å². The zero-order valence-electron chi connectivity index (χ0n) is 14.4. The van der Waals surface area contributed by atoms with Crippen molar-refractivity contribution >= 4 is 11.1 Å². The monoisotopic (exact) mass is 444 g/mol. The van der Waals surface area contributed by atoms with Crippen LogP contribution < -0.4 is 24.8 Å². The Labute approximate surface area is 182 Å². The Bertz CT molecular complexity index is 779. The van der Waals surface area contributed by atoms with Crippen LogP contribution in [0.2, 0.25) is 0 Å². The van der Waals surface area contributed by atoms with Crippen LogP contribution in [0.15, 0.2) is 72.8 Å². The number of rotatable bonds is 2. The van der Waals surface area contributed by atoms with Crippen molar-refractivity contribution in [3.63, 3.8) is 0 Å². The Hall–Kier alpha value is -0.877. The van der Waals surface area contributed by atoms with Gasteiger partial charge in [-0.1, -0.05) is 72.8 Å². The zero-order chi connectivity index (χ0) is 15.3. The molecule has 0 saturated carbocycles. The summed E-state index contributed by atoms with van der Waals surface area (Å²) in [5.41, 5.74) is 9.58. The van der Waals surface area contributed by atoms with E-state index in [0.29, 0.717) is 11.8 Å². The van der Waals surface area contributed by atoms with Crippen LogP contribution in [0.1, 0.15) is 47.9 Å². The van der Waals surface area contributed by atoms with E-state index in [1.54, 1.807) is 0 Å². The van der Waals surface area contributed by atoms with Crippen molar-refractivity contribution in [3.8, 4) is 0 Å². The molecule has 0 aromatic heterocycles. The Kier molecular flexibility index (Phi) is 7.69. The summed E-state index contributed by atoms with van der Waals surface area (Å²) >= 11 is 0. The molecule has 2 unspecified atom stereocenters. The van der Waals surface area contributed by atoms with Crippen LogP contribution in [0.5, 0.6) is 0 Å². The summed E-state index contributed by atoms with van der Waals surface area (Å²) in [5.74, 6) is 0.660. The van der Waals surface area contributed by atoms with E-state index in [2.05, 4.69) is 81.1 Å². The Morgan fingerprint density at radius 3 is 1.48 bits per heavy atom. The average Bonchev–Trinajstić information content (AvgIpc) is 3.06. The summed E-state index contributed by atoms with van der Waals surface area (Å²) in [6.45, 7) is 8.90. The van der Waals surface area contributed by atoms with E-state index in [9.17, 15) is 0 Å². The summed E-state index contributed by atoms with van der Waals surface area (Å²) in [6.07, 6.45) is 4.74. The van der Waals surface area contributed by atoms with Gasteiger partial charge in [0.15, 0.2) is 0 Å². The molecule has 0 amide bonds. The minimum Gasteiger partial charge on any atom is -1.00 e. The van der Waals surface area contributed by atoms with Crippen molar-refractivity contribution in [2.45, 2.75) is 25.7 Å². The van der Waals surface area contributed by atoms with Gasteiger partial charge in [0.2, 0.25) is 0 Å². The van der Waals surface area contributed by atoms with E-state index >= 15 is 0 Å². The topological polar surface area (TPSA) is 0 Å². The molecule has 0 saturated heterocycles. The largest absolute Gasteiger partial charge is 2.00 e. The second-order valence-electron chi connectivity index (χ2n) is 6.40. The summed E-state index contributed by atoms with van der Waals surface area (Å²) in [7, 11) is 0. The molecule has 2 aliphatic carbocycles. The van der Waals surface area contributed by atoms with Gasteiger partial charge in [-0.25, -0.2) is 0 Å². The standard InChI is InChI=1S/C22H20.2ClH.Zr/c1-14-12-21(19-10-6-4-8-17(14)19)16(3)22-13-15(2)18-9-5-7-11-20(18)22;;;/h4-13,21-22H,3H2,1-2H3;2*1H;/q;;;+2/p-2. The first-order chi connectivity index (χ1) is 10.7. The van der Waals surface area contributed by atoms with E-state index in [0.717, 1.165) is 0 Å². The Morgan fingerprint density at radius 2 is 1.08 bits per heavy atom. The molecule has 0 heterocycles. The summed E-state index contributed by atoms with van der Waals surface area (Å²) in [6, 6.07) is 17.4. The van der Waals surface area contributed by atoms with E-state index in [1.807, 2.05) is 0 Å². The van der Waals surface area contributed by atoms with Gasteiger partial charge in [-0.05, 0) is 47.2 Å². The van der Waals surface area contributed by atoms with Crippen molar-refractivity contribution in [3.05, 3.63) is 95.1 Å². The van der Waals surface area contributed by atoms with Gasteiger partial charge in [0.25, 0.3) is 0 Å². The van der Waals surface area contributed by atoms with Crippen molar-refractivity contribution in [1.29, 1.82) is 0 Å². The molecule has 2 atom stereocenters. The Morgan fingerprint density at radius 1 is 0.720 bits per heavy atom. The average molecular weight is 447 g/mol. The van der Waals surface area contributed by atoms with Crippen LogP contribution >= 0.6 is 0 Å². The third kappa shape index (κ3) is 3.66. The van der Waals surface area contributed by atoms with Crippen LogP contribution in [0.25, 0.3) is 11.1 Å². The minimum absolute atomic E-state index is 0. The SMILES string of the molecule is C=C(C1C=C(C)c2ccccc21)C1C=C(C)c2ccccc21.[Cl-].[Cl-].[Zr+2]. The van der Waals surface area contributed by atoms with Gasteiger partial charge in [0.05, 0.1) is 0 Å². The first-order valence-electron chi connectivity index (χ1n) is 7.91. The molecule has 3 heteroatoms. The first-order valence-corrected chi connectivity index (χ1v) is 7.91. The van der Waals surface area contributed by atoms with Gasteiger partial charge in [0, 0.05) is 11.8 Å². The maximum Gasteiger partial charge on any atom is 2.00 e. The maximum absolute atomic E-state index is 4.50. The number of fused-ring (bicyclic) bond motifs is 2. The fourth-order valence-corrected chi connectivity index (χ4v) is 3.92. The number of benzene rings is 2. The predicted molar refractivity (Wildman–Crippen MR) is 94.8 cm³/mol. The molecule has 0 radical (unpaired) electrons. The fourth-order valence-electron chi connectivity index (χ4n) is 3.92. The smallest absolute Gasteiger partial charge is 1.00 e. The third-order valence-electron chi connectivity index (χ3n) is 5.07. The molecule has 0 nitrogen and oxygen atoms in total. The summed E-state index contributed by atoms with van der Waals surface area (Å²) < 4.78 is 0. The quantitative estimate of drug-likeness (QED) is 0.568. The molecule has 0 fully saturated rings. The van der Waals surface area contributed by atoms with E-state index in [-0.39, 0.29) is 51.0 Å². The summed E-state index contributed by atoms with van der Waals surface area (Å²) in [4.78, 5) is 0. The van der Waals surface area contributed by atoms with E-state index in [1.165, 1.54) is 39.0 Å². The van der Waals surface area contributed by atoms with E-state index < -0.39 is 0 Å². The van der Waals surface area contributed by atoms with Gasteiger partial charge >= 0.3 is 26.2 Å². The predicted octanol–water partition coefficient (Wildman–Crippen LogP) is -0.0505. The van der Waals surface area contributed by atoms with Crippen LogP contribution in [-0.4, -0.2) is 0 Å². The van der Waals surface area contributed by atoms with Gasteiger partial charge in [-0.15, -0.1) is 0 Å². The van der Waals surface area contributed by atoms with Crippen LogP contribution in [0.3, 0.4) is 0 Å². The van der Waals surface area contributed by atoms with Crippen LogP contribution in [0.4, 0.5) is 0 Å². The molecule has 2 aliphatic rings. The molecular formula is C22H20Cl2Zr. The second-order valence-corrected chi connectivity index (χ2v) is 6.40.